The Morgan fingerprint density at radius 1 is 1.14 bits per heavy atom. The van der Waals surface area contributed by atoms with Crippen LogP contribution in [-0.4, -0.2) is 89.9 Å². The van der Waals surface area contributed by atoms with Gasteiger partial charge >= 0.3 is 12.1 Å². The number of aromatic nitrogens is 2. The van der Waals surface area contributed by atoms with Crippen LogP contribution in [-0.2, 0) is 24.1 Å². The molecule has 11 heteroatoms. The molecule has 4 heterocycles. The Morgan fingerprint density at radius 3 is 2.65 bits per heavy atom. The van der Waals surface area contributed by atoms with E-state index in [0.29, 0.717) is 44.8 Å². The number of amides is 1. The van der Waals surface area contributed by atoms with Gasteiger partial charge in [0, 0.05) is 48.5 Å². The van der Waals surface area contributed by atoms with Gasteiger partial charge in [-0.05, 0) is 77.7 Å². The van der Waals surface area contributed by atoms with E-state index < -0.39 is 5.60 Å². The summed E-state index contributed by atoms with van der Waals surface area (Å²) in [7, 11) is 2.13. The third kappa shape index (κ3) is 7.10. The molecule has 1 aromatic heterocycles. The molecule has 10 nitrogen and oxygen atoms in total. The van der Waals surface area contributed by atoms with Crippen molar-refractivity contribution in [2.24, 2.45) is 0 Å². The molecule has 0 aliphatic carbocycles. The Morgan fingerprint density at radius 2 is 1.95 bits per heavy atom. The van der Waals surface area contributed by atoms with Gasteiger partial charge in [-0.15, -0.1) is 0 Å². The van der Waals surface area contributed by atoms with E-state index in [-0.39, 0.29) is 18.6 Å². The first kappa shape index (κ1) is 31.1. The van der Waals surface area contributed by atoms with E-state index in [9.17, 15) is 10.1 Å². The summed E-state index contributed by atoms with van der Waals surface area (Å²) in [6, 6.07) is 8.76. The van der Waals surface area contributed by atoms with Gasteiger partial charge in [0.2, 0.25) is 0 Å². The molecule has 0 unspecified atom stereocenters. The minimum absolute atomic E-state index is 0.211. The van der Waals surface area contributed by atoms with Gasteiger partial charge in [-0.25, -0.2) is 4.79 Å². The molecule has 3 aliphatic rings. The molecule has 232 valence electrons. The second-order valence-corrected chi connectivity index (χ2v) is 13.1. The van der Waals surface area contributed by atoms with Crippen LogP contribution in [0.1, 0.15) is 63.8 Å². The number of ether oxygens (including phenoxy) is 2. The number of nitrogens with zero attached hydrogens (tertiary/aromatic N) is 7. The van der Waals surface area contributed by atoms with Crippen LogP contribution in [0.3, 0.4) is 0 Å². The summed E-state index contributed by atoms with van der Waals surface area (Å²) in [4.78, 5) is 31.5. The standard InChI is InChI=1S/C32H44ClN7O3/c1-6-24-26(33)10-7-11-28(24)38-16-13-25-27(20-38)35-30(42-21-23-9-8-15-37(23)5)36-29(25)39-17-18-40(22(19-39)12-14-34)31(41)43-32(2,3)4/h7,10-11,22-23H,6,8-9,12-13,15-21H2,1-5H3/t22-,23-/m0/s1. The van der Waals surface area contributed by atoms with E-state index in [1.807, 2.05) is 32.9 Å². The molecule has 2 atom stereocenters. The van der Waals surface area contributed by atoms with E-state index in [2.05, 4.69) is 40.8 Å². The van der Waals surface area contributed by atoms with Crippen molar-refractivity contribution in [1.29, 1.82) is 5.26 Å². The number of halogens is 1. The number of likely N-dealkylation sites (tertiary alicyclic amines) is 1. The number of anilines is 2. The summed E-state index contributed by atoms with van der Waals surface area (Å²) < 4.78 is 12.0. The Bertz CT molecular complexity index is 1360. The molecule has 1 aromatic carbocycles. The van der Waals surface area contributed by atoms with Crippen molar-refractivity contribution in [3.63, 3.8) is 0 Å². The number of likely N-dealkylation sites (N-methyl/N-ethyl adjacent to an activating group) is 1. The quantitative estimate of drug-likeness (QED) is 0.426. The molecular formula is C32H44ClN7O3. The molecule has 0 spiro atoms. The highest BCUT2D eigenvalue weighted by molar-refractivity contribution is 6.31. The lowest BCUT2D eigenvalue weighted by Gasteiger charge is -2.42. The van der Waals surface area contributed by atoms with Crippen LogP contribution in [0.15, 0.2) is 18.2 Å². The molecule has 2 saturated heterocycles. The fourth-order valence-corrected chi connectivity index (χ4v) is 6.67. The minimum Gasteiger partial charge on any atom is -0.462 e. The Kier molecular flexibility index (Phi) is 9.52. The number of nitriles is 1. The van der Waals surface area contributed by atoms with Crippen molar-refractivity contribution in [2.45, 2.75) is 84.0 Å². The third-order valence-corrected chi connectivity index (χ3v) is 8.98. The number of carbonyl (C=O) groups is 1. The highest BCUT2D eigenvalue weighted by Crippen LogP contribution is 2.35. The Hall–Kier alpha value is -3.29. The van der Waals surface area contributed by atoms with Crippen LogP contribution >= 0.6 is 11.6 Å². The van der Waals surface area contributed by atoms with Gasteiger partial charge < -0.3 is 29.1 Å². The summed E-state index contributed by atoms with van der Waals surface area (Å²) in [5.41, 5.74) is 3.71. The van der Waals surface area contributed by atoms with Crippen molar-refractivity contribution in [1.82, 2.24) is 19.8 Å². The predicted octanol–water partition coefficient (Wildman–Crippen LogP) is 5.07. The van der Waals surface area contributed by atoms with Crippen LogP contribution in [0, 0.1) is 11.3 Å². The molecule has 43 heavy (non-hydrogen) atoms. The first-order valence-corrected chi connectivity index (χ1v) is 15.8. The van der Waals surface area contributed by atoms with Gasteiger partial charge in [-0.3, -0.25) is 0 Å². The summed E-state index contributed by atoms with van der Waals surface area (Å²) in [6.07, 6.45) is 3.70. The smallest absolute Gasteiger partial charge is 0.410 e. The zero-order chi connectivity index (χ0) is 30.7. The largest absolute Gasteiger partial charge is 0.462 e. The maximum absolute atomic E-state index is 13.0. The third-order valence-electron chi connectivity index (χ3n) is 8.62. The van der Waals surface area contributed by atoms with Crippen molar-refractivity contribution >= 4 is 29.2 Å². The van der Waals surface area contributed by atoms with Crippen LogP contribution in [0.25, 0.3) is 0 Å². The fraction of sp³-hybridized carbons (Fsp3) is 0.625. The molecule has 1 amide bonds. The maximum atomic E-state index is 13.0. The number of benzene rings is 1. The van der Waals surface area contributed by atoms with Crippen molar-refractivity contribution in [2.75, 3.05) is 56.2 Å². The van der Waals surface area contributed by atoms with Crippen LogP contribution in [0.5, 0.6) is 6.01 Å². The predicted molar refractivity (Wildman–Crippen MR) is 168 cm³/mol. The van der Waals surface area contributed by atoms with Gasteiger partial charge in [-0.1, -0.05) is 24.6 Å². The molecule has 2 fully saturated rings. The number of piperazine rings is 1. The number of fused-ring (bicyclic) bond motifs is 1. The average molecular weight is 610 g/mol. The molecule has 0 radical (unpaired) electrons. The highest BCUT2D eigenvalue weighted by atomic mass is 35.5. The molecule has 5 rings (SSSR count). The van der Waals surface area contributed by atoms with Gasteiger partial charge in [0.1, 0.15) is 18.0 Å². The summed E-state index contributed by atoms with van der Waals surface area (Å²) in [5.74, 6) is 0.841. The van der Waals surface area contributed by atoms with Gasteiger partial charge in [0.25, 0.3) is 0 Å². The monoisotopic (exact) mass is 609 g/mol. The minimum atomic E-state index is -0.608. The summed E-state index contributed by atoms with van der Waals surface area (Å²) in [6.45, 7) is 12.2. The van der Waals surface area contributed by atoms with Gasteiger partial charge in [0.05, 0.1) is 30.8 Å². The first-order chi connectivity index (χ1) is 20.6. The second kappa shape index (κ2) is 13.1. The lowest BCUT2D eigenvalue weighted by atomic mass is 10.0. The summed E-state index contributed by atoms with van der Waals surface area (Å²) >= 11 is 6.58. The van der Waals surface area contributed by atoms with Crippen molar-refractivity contribution < 1.29 is 14.3 Å². The van der Waals surface area contributed by atoms with Crippen LogP contribution < -0.4 is 14.5 Å². The van der Waals surface area contributed by atoms with E-state index in [0.717, 1.165) is 72.1 Å². The van der Waals surface area contributed by atoms with Gasteiger partial charge in [0.15, 0.2) is 0 Å². The molecule has 0 N–H and O–H groups in total. The van der Waals surface area contributed by atoms with Crippen LogP contribution in [0.2, 0.25) is 5.02 Å². The van der Waals surface area contributed by atoms with E-state index in [4.69, 9.17) is 31.0 Å². The first-order valence-electron chi connectivity index (χ1n) is 15.4. The SMILES string of the molecule is CCc1c(Cl)cccc1N1CCc2c(nc(OC[C@@H]3CCCN3C)nc2N2CCN(C(=O)OC(C)(C)C)[C@@H](CC#N)C2)C1. The molecule has 0 bridgehead atoms. The summed E-state index contributed by atoms with van der Waals surface area (Å²) in [5, 5.41) is 10.4. The van der Waals surface area contributed by atoms with Crippen molar-refractivity contribution in [3.05, 3.63) is 40.0 Å². The average Bonchev–Trinajstić information content (AvgIpc) is 3.38. The maximum Gasteiger partial charge on any atom is 0.410 e. The van der Waals surface area contributed by atoms with Crippen LogP contribution in [0.4, 0.5) is 16.3 Å². The lowest BCUT2D eigenvalue weighted by molar-refractivity contribution is 0.0144. The molecule has 0 saturated carbocycles. The zero-order valence-electron chi connectivity index (χ0n) is 26.1. The Balaban J connectivity index is 1.44. The molecular weight excluding hydrogens is 566 g/mol. The fourth-order valence-electron chi connectivity index (χ4n) is 6.36. The van der Waals surface area contributed by atoms with E-state index in [1.54, 1.807) is 4.90 Å². The number of carbonyl (C=O) groups excluding carboxylic acids is 1. The number of rotatable bonds is 7. The van der Waals surface area contributed by atoms with Gasteiger partial charge in [-0.2, -0.15) is 15.2 Å². The van der Waals surface area contributed by atoms with Crippen molar-refractivity contribution in [3.8, 4) is 12.1 Å². The lowest BCUT2D eigenvalue weighted by Crippen LogP contribution is -2.56. The topological polar surface area (TPSA) is 98.1 Å². The Labute approximate surface area is 260 Å². The normalized spacial score (nSPS) is 21.0. The zero-order valence-corrected chi connectivity index (χ0v) is 26.9. The number of hydrogen-bond donors (Lipinski definition) is 0. The highest BCUT2D eigenvalue weighted by Gasteiger charge is 2.36. The molecule has 3 aliphatic heterocycles. The van der Waals surface area contributed by atoms with E-state index >= 15 is 0 Å². The second-order valence-electron chi connectivity index (χ2n) is 12.7. The number of hydrogen-bond acceptors (Lipinski definition) is 9. The van der Waals surface area contributed by atoms with E-state index in [1.165, 1.54) is 0 Å². The molecule has 2 aromatic rings.